The molecule has 0 saturated heterocycles. The van der Waals surface area contributed by atoms with Crippen LogP contribution in [-0.2, 0) is 4.79 Å². The van der Waals surface area contributed by atoms with E-state index in [0.717, 1.165) is 0 Å². The van der Waals surface area contributed by atoms with E-state index in [1.807, 2.05) is 20.8 Å². The first-order valence-corrected chi connectivity index (χ1v) is 5.73. The minimum Gasteiger partial charge on any atom is -0.326 e. The van der Waals surface area contributed by atoms with Crippen molar-refractivity contribution in [3.05, 3.63) is 29.8 Å². The zero-order valence-corrected chi connectivity index (χ0v) is 11.1. The third-order valence-corrected chi connectivity index (χ3v) is 2.02. The summed E-state index contributed by atoms with van der Waals surface area (Å²) in [6, 6.07) is 6.69. The van der Waals surface area contributed by atoms with E-state index in [0.29, 0.717) is 11.3 Å². The molecule has 0 spiro atoms. The van der Waals surface area contributed by atoms with Gasteiger partial charge in [0.05, 0.1) is 0 Å². The predicted molar refractivity (Wildman–Crippen MR) is 71.1 cm³/mol. The second-order valence-electron chi connectivity index (χ2n) is 5.09. The summed E-state index contributed by atoms with van der Waals surface area (Å²) in [7, 11) is 0. The molecule has 1 aromatic carbocycles. The lowest BCUT2D eigenvalue weighted by Gasteiger charge is -2.20. The monoisotopic (exact) mass is 249 g/mol. The molecular weight excluding hydrogens is 230 g/mol. The van der Waals surface area contributed by atoms with Crippen LogP contribution in [0.5, 0.6) is 0 Å². The van der Waals surface area contributed by atoms with Crippen LogP contribution in [0.4, 0.5) is 5.69 Å². The first kappa shape index (κ1) is 14.2. The van der Waals surface area contributed by atoms with E-state index < -0.39 is 0 Å². The third-order valence-electron chi connectivity index (χ3n) is 2.02. The fourth-order valence-corrected chi connectivity index (χ4v) is 1.22. The van der Waals surface area contributed by atoms with Crippen molar-refractivity contribution in [2.45, 2.75) is 33.2 Å². The van der Waals surface area contributed by atoms with E-state index in [9.17, 15) is 9.59 Å². The Labute approximate surface area is 107 Å². The molecule has 5 nitrogen and oxygen atoms in total. The maximum atomic E-state index is 11.8. The van der Waals surface area contributed by atoms with Crippen LogP contribution in [0.15, 0.2) is 24.3 Å². The van der Waals surface area contributed by atoms with Crippen LogP contribution in [0.3, 0.4) is 0 Å². The first-order chi connectivity index (χ1) is 8.28. The molecule has 0 aromatic heterocycles. The Morgan fingerprint density at radius 2 is 1.61 bits per heavy atom. The average Bonchev–Trinajstić information content (AvgIpc) is 2.25. The summed E-state index contributed by atoms with van der Waals surface area (Å²) >= 11 is 0. The molecule has 0 aliphatic heterocycles. The van der Waals surface area contributed by atoms with Gasteiger partial charge in [-0.05, 0) is 45.0 Å². The quantitative estimate of drug-likeness (QED) is 0.714. The zero-order valence-electron chi connectivity index (χ0n) is 11.1. The molecule has 0 bridgehead atoms. The van der Waals surface area contributed by atoms with Crippen LogP contribution < -0.4 is 16.2 Å². The molecule has 0 saturated carbocycles. The molecule has 18 heavy (non-hydrogen) atoms. The molecule has 0 aliphatic carbocycles. The molecular formula is C13H19N3O2. The molecule has 0 unspecified atom stereocenters. The molecule has 0 radical (unpaired) electrons. The van der Waals surface area contributed by atoms with Crippen molar-refractivity contribution in [1.29, 1.82) is 0 Å². The minimum absolute atomic E-state index is 0.137. The summed E-state index contributed by atoms with van der Waals surface area (Å²) in [5, 5.41) is 2.64. The lowest BCUT2D eigenvalue weighted by Crippen LogP contribution is -2.48. The summed E-state index contributed by atoms with van der Waals surface area (Å²) in [6.45, 7) is 7.29. The van der Waals surface area contributed by atoms with Crippen molar-refractivity contribution >= 4 is 17.5 Å². The molecule has 3 N–H and O–H groups in total. The molecule has 1 aromatic rings. The Hall–Kier alpha value is -1.88. The van der Waals surface area contributed by atoms with Gasteiger partial charge >= 0.3 is 0 Å². The zero-order chi connectivity index (χ0) is 13.8. The Morgan fingerprint density at radius 1 is 1.06 bits per heavy atom. The maximum absolute atomic E-state index is 11.8. The highest BCUT2D eigenvalue weighted by Gasteiger charge is 2.11. The van der Waals surface area contributed by atoms with E-state index in [1.165, 1.54) is 6.92 Å². The van der Waals surface area contributed by atoms with Crippen molar-refractivity contribution in [2.75, 3.05) is 5.32 Å². The topological polar surface area (TPSA) is 70.2 Å². The molecule has 0 aliphatic rings. The number of hydrogen-bond acceptors (Lipinski definition) is 3. The molecule has 1 rings (SSSR count). The van der Waals surface area contributed by atoms with Gasteiger partial charge in [0.1, 0.15) is 0 Å². The standard InChI is InChI=1S/C13H19N3O2/c1-9(17)14-11-7-5-10(6-8-11)12(18)15-16-13(2,3)4/h5-8,16H,1-4H3,(H,14,17)(H,15,18). The lowest BCUT2D eigenvalue weighted by molar-refractivity contribution is -0.114. The summed E-state index contributed by atoms with van der Waals surface area (Å²) in [6.07, 6.45) is 0. The van der Waals surface area contributed by atoms with Crippen LogP contribution in [-0.4, -0.2) is 17.4 Å². The number of hydrazine groups is 1. The highest BCUT2D eigenvalue weighted by molar-refractivity contribution is 5.95. The molecule has 5 heteroatoms. The van der Waals surface area contributed by atoms with Gasteiger partial charge in [-0.3, -0.25) is 15.0 Å². The third kappa shape index (κ3) is 4.97. The normalized spacial score (nSPS) is 10.9. The van der Waals surface area contributed by atoms with Gasteiger partial charge in [-0.25, -0.2) is 5.43 Å². The lowest BCUT2D eigenvalue weighted by atomic mass is 10.1. The predicted octanol–water partition coefficient (Wildman–Crippen LogP) is 1.68. The second kappa shape index (κ2) is 5.64. The number of carbonyl (C=O) groups excluding carboxylic acids is 2. The Kier molecular flexibility index (Phi) is 4.44. The van der Waals surface area contributed by atoms with Gasteiger partial charge < -0.3 is 5.32 Å². The maximum Gasteiger partial charge on any atom is 0.265 e. The van der Waals surface area contributed by atoms with Crippen molar-refractivity contribution in [2.24, 2.45) is 0 Å². The van der Waals surface area contributed by atoms with Gasteiger partial charge in [-0.1, -0.05) is 0 Å². The van der Waals surface area contributed by atoms with Gasteiger partial charge in [-0.2, -0.15) is 0 Å². The summed E-state index contributed by atoms with van der Waals surface area (Å²) < 4.78 is 0. The van der Waals surface area contributed by atoms with Crippen molar-refractivity contribution in [3.63, 3.8) is 0 Å². The smallest absolute Gasteiger partial charge is 0.265 e. The number of rotatable bonds is 3. The molecule has 0 atom stereocenters. The van der Waals surface area contributed by atoms with E-state index >= 15 is 0 Å². The molecule has 0 heterocycles. The fourth-order valence-electron chi connectivity index (χ4n) is 1.22. The van der Waals surface area contributed by atoms with Crippen LogP contribution in [0.2, 0.25) is 0 Å². The summed E-state index contributed by atoms with van der Waals surface area (Å²) in [5.41, 5.74) is 6.53. The minimum atomic E-state index is -0.209. The molecule has 0 fully saturated rings. The Morgan fingerprint density at radius 3 is 2.06 bits per heavy atom. The van der Waals surface area contributed by atoms with Crippen LogP contribution in [0.25, 0.3) is 0 Å². The number of hydrogen-bond donors (Lipinski definition) is 3. The largest absolute Gasteiger partial charge is 0.326 e. The van der Waals surface area contributed by atoms with Crippen molar-refractivity contribution in [1.82, 2.24) is 10.9 Å². The Bertz CT molecular complexity index is 433. The van der Waals surface area contributed by atoms with E-state index in [2.05, 4.69) is 16.2 Å². The van der Waals surface area contributed by atoms with E-state index in [4.69, 9.17) is 0 Å². The van der Waals surface area contributed by atoms with Crippen molar-refractivity contribution < 1.29 is 9.59 Å². The number of nitrogens with one attached hydrogen (secondary N) is 3. The van der Waals surface area contributed by atoms with Gasteiger partial charge in [0.25, 0.3) is 5.91 Å². The van der Waals surface area contributed by atoms with Crippen LogP contribution >= 0.6 is 0 Å². The van der Waals surface area contributed by atoms with Crippen LogP contribution in [0.1, 0.15) is 38.1 Å². The molecule has 2 amide bonds. The summed E-state index contributed by atoms with van der Waals surface area (Å²) in [5.74, 6) is -0.346. The van der Waals surface area contributed by atoms with E-state index in [-0.39, 0.29) is 17.4 Å². The summed E-state index contributed by atoms with van der Waals surface area (Å²) in [4.78, 5) is 22.6. The highest BCUT2D eigenvalue weighted by atomic mass is 16.2. The fraction of sp³-hybridized carbons (Fsp3) is 0.385. The first-order valence-electron chi connectivity index (χ1n) is 5.73. The second-order valence-corrected chi connectivity index (χ2v) is 5.09. The number of amides is 2. The number of anilines is 1. The average molecular weight is 249 g/mol. The number of carbonyl (C=O) groups is 2. The van der Waals surface area contributed by atoms with Gasteiger partial charge in [0.2, 0.25) is 5.91 Å². The van der Waals surface area contributed by atoms with Gasteiger partial charge in [-0.15, -0.1) is 0 Å². The Balaban J connectivity index is 2.62. The van der Waals surface area contributed by atoms with Gasteiger partial charge in [0, 0.05) is 23.7 Å². The van der Waals surface area contributed by atoms with E-state index in [1.54, 1.807) is 24.3 Å². The van der Waals surface area contributed by atoms with Gasteiger partial charge in [0.15, 0.2) is 0 Å². The van der Waals surface area contributed by atoms with Crippen molar-refractivity contribution in [3.8, 4) is 0 Å². The number of benzene rings is 1. The highest BCUT2D eigenvalue weighted by Crippen LogP contribution is 2.09. The molecule has 98 valence electrons. The van der Waals surface area contributed by atoms with Crippen LogP contribution in [0, 0.1) is 0 Å². The SMILES string of the molecule is CC(=O)Nc1ccc(C(=O)NNC(C)(C)C)cc1.